The molecule has 0 N–H and O–H groups in total. The van der Waals surface area contributed by atoms with E-state index in [1.807, 2.05) is 6.08 Å². The molecular weight excluding hydrogens is 134 g/mol. The van der Waals surface area contributed by atoms with Crippen LogP contribution in [0.1, 0.15) is 20.8 Å². The third-order valence-corrected chi connectivity index (χ3v) is 2.04. The lowest BCUT2D eigenvalue weighted by Gasteiger charge is -2.20. The maximum absolute atomic E-state index is 5.35. The minimum absolute atomic E-state index is 0.176. The van der Waals surface area contributed by atoms with Crippen molar-refractivity contribution in [3.05, 3.63) is 12.7 Å². The standard InChI is InChI=1S/C10H15N/c1-6-8-9(7-2)11(8)10(3,4)5/h1,7-9H,2H2,3-5H3/t8-,9+,11?/m0/s1. The molecule has 1 aliphatic heterocycles. The minimum atomic E-state index is 0.176. The van der Waals surface area contributed by atoms with Crippen LogP contribution in [0.5, 0.6) is 0 Å². The third-order valence-electron chi connectivity index (χ3n) is 2.04. The molecule has 1 nitrogen and oxygen atoms in total. The van der Waals surface area contributed by atoms with Gasteiger partial charge in [-0.15, -0.1) is 13.0 Å². The van der Waals surface area contributed by atoms with Gasteiger partial charge in [-0.05, 0) is 20.8 Å². The lowest BCUT2D eigenvalue weighted by molar-refractivity contribution is 0.287. The summed E-state index contributed by atoms with van der Waals surface area (Å²) in [5, 5.41) is 0. The summed E-state index contributed by atoms with van der Waals surface area (Å²) in [6.45, 7) is 10.2. The van der Waals surface area contributed by atoms with Crippen LogP contribution in [0.3, 0.4) is 0 Å². The van der Waals surface area contributed by atoms with Gasteiger partial charge in [-0.3, -0.25) is 4.90 Å². The summed E-state index contributed by atoms with van der Waals surface area (Å²) in [5.74, 6) is 2.75. The minimum Gasteiger partial charge on any atom is -0.274 e. The molecule has 1 fully saturated rings. The lowest BCUT2D eigenvalue weighted by atomic mass is 10.1. The normalized spacial score (nSPS) is 36.0. The Kier molecular flexibility index (Phi) is 1.82. The Morgan fingerprint density at radius 1 is 1.55 bits per heavy atom. The lowest BCUT2D eigenvalue weighted by Crippen LogP contribution is -2.28. The number of rotatable bonds is 1. The molecule has 0 amide bonds. The Balaban J connectivity index is 2.67. The average molecular weight is 149 g/mol. The van der Waals surface area contributed by atoms with Gasteiger partial charge in [0, 0.05) is 5.54 Å². The van der Waals surface area contributed by atoms with Crippen LogP contribution in [0, 0.1) is 12.3 Å². The fourth-order valence-corrected chi connectivity index (χ4v) is 1.54. The molecule has 0 bridgehead atoms. The van der Waals surface area contributed by atoms with Crippen LogP contribution in [0.15, 0.2) is 12.7 Å². The predicted octanol–water partition coefficient (Wildman–Crippen LogP) is 1.66. The molecule has 1 heteroatoms. The Morgan fingerprint density at radius 2 is 2.09 bits per heavy atom. The van der Waals surface area contributed by atoms with Gasteiger partial charge >= 0.3 is 0 Å². The van der Waals surface area contributed by atoms with Crippen LogP contribution < -0.4 is 0 Å². The monoisotopic (exact) mass is 149 g/mol. The van der Waals surface area contributed by atoms with Gasteiger partial charge in [0.15, 0.2) is 0 Å². The number of hydrogen-bond donors (Lipinski definition) is 0. The van der Waals surface area contributed by atoms with Crippen LogP contribution in [-0.2, 0) is 0 Å². The topological polar surface area (TPSA) is 3.01 Å². The summed E-state index contributed by atoms with van der Waals surface area (Å²) < 4.78 is 0. The van der Waals surface area contributed by atoms with Crippen molar-refractivity contribution in [2.75, 3.05) is 0 Å². The molecule has 0 aromatic rings. The molecule has 0 spiro atoms. The molecule has 0 radical (unpaired) electrons. The first kappa shape index (κ1) is 8.36. The van der Waals surface area contributed by atoms with Crippen LogP contribution in [0.4, 0.5) is 0 Å². The highest BCUT2D eigenvalue weighted by atomic mass is 15.4. The third kappa shape index (κ3) is 1.32. The van der Waals surface area contributed by atoms with E-state index in [9.17, 15) is 0 Å². The molecule has 11 heavy (non-hydrogen) atoms. The quantitative estimate of drug-likeness (QED) is 0.311. The van der Waals surface area contributed by atoms with Crippen molar-refractivity contribution in [1.82, 2.24) is 4.90 Å². The van der Waals surface area contributed by atoms with E-state index >= 15 is 0 Å². The first-order valence-electron chi connectivity index (χ1n) is 3.89. The van der Waals surface area contributed by atoms with E-state index in [1.165, 1.54) is 0 Å². The van der Waals surface area contributed by atoms with E-state index in [1.54, 1.807) is 0 Å². The Morgan fingerprint density at radius 3 is 2.18 bits per heavy atom. The fourth-order valence-electron chi connectivity index (χ4n) is 1.54. The summed E-state index contributed by atoms with van der Waals surface area (Å²) in [4.78, 5) is 2.28. The van der Waals surface area contributed by atoms with E-state index in [0.717, 1.165) is 0 Å². The molecule has 1 aliphatic rings. The smallest absolute Gasteiger partial charge is 0.0916 e. The van der Waals surface area contributed by atoms with Gasteiger partial charge in [0.1, 0.15) is 0 Å². The largest absolute Gasteiger partial charge is 0.274 e. The second kappa shape index (κ2) is 2.39. The zero-order chi connectivity index (χ0) is 8.65. The molecule has 0 saturated carbocycles. The molecule has 0 aliphatic carbocycles. The summed E-state index contributed by atoms with van der Waals surface area (Å²) in [6.07, 6.45) is 7.27. The van der Waals surface area contributed by atoms with Crippen molar-refractivity contribution in [1.29, 1.82) is 0 Å². The van der Waals surface area contributed by atoms with E-state index in [0.29, 0.717) is 6.04 Å². The Labute approximate surface area is 69.1 Å². The maximum atomic E-state index is 5.35. The SMILES string of the molecule is C#C[C@H]1[C@@H](C=C)N1C(C)(C)C. The van der Waals surface area contributed by atoms with E-state index in [-0.39, 0.29) is 11.6 Å². The van der Waals surface area contributed by atoms with Crippen molar-refractivity contribution in [3.8, 4) is 12.3 Å². The van der Waals surface area contributed by atoms with Crippen molar-refractivity contribution >= 4 is 0 Å². The fraction of sp³-hybridized carbons (Fsp3) is 0.600. The van der Waals surface area contributed by atoms with E-state index in [2.05, 4.69) is 38.2 Å². The maximum Gasteiger partial charge on any atom is 0.0916 e. The van der Waals surface area contributed by atoms with E-state index in [4.69, 9.17) is 6.42 Å². The van der Waals surface area contributed by atoms with Crippen LogP contribution in [0.2, 0.25) is 0 Å². The van der Waals surface area contributed by atoms with Crippen LogP contribution in [0.25, 0.3) is 0 Å². The van der Waals surface area contributed by atoms with E-state index < -0.39 is 0 Å². The zero-order valence-electron chi connectivity index (χ0n) is 7.46. The zero-order valence-corrected chi connectivity index (χ0v) is 7.46. The first-order valence-corrected chi connectivity index (χ1v) is 3.89. The molecular formula is C10H15N. The molecule has 0 aromatic carbocycles. The van der Waals surface area contributed by atoms with Crippen molar-refractivity contribution in [2.24, 2.45) is 0 Å². The second-order valence-corrected chi connectivity index (χ2v) is 3.92. The van der Waals surface area contributed by atoms with Gasteiger partial charge < -0.3 is 0 Å². The summed E-state index contributed by atoms with van der Waals surface area (Å²) in [6, 6.07) is 0.687. The molecule has 1 heterocycles. The molecule has 60 valence electrons. The highest BCUT2D eigenvalue weighted by Gasteiger charge is 2.50. The average Bonchev–Trinajstić information content (AvgIpc) is 2.58. The van der Waals surface area contributed by atoms with Gasteiger partial charge in [0.05, 0.1) is 12.1 Å². The van der Waals surface area contributed by atoms with Gasteiger partial charge in [-0.25, -0.2) is 0 Å². The molecule has 1 rings (SSSR count). The second-order valence-electron chi connectivity index (χ2n) is 3.92. The Hall–Kier alpha value is -0.740. The molecule has 0 aromatic heterocycles. The summed E-state index contributed by atoms with van der Waals surface area (Å²) in [5.41, 5.74) is 0.176. The number of terminal acetylenes is 1. The highest BCUT2D eigenvalue weighted by Crippen LogP contribution is 2.36. The molecule has 1 unspecified atom stereocenters. The highest BCUT2D eigenvalue weighted by molar-refractivity contribution is 5.26. The van der Waals surface area contributed by atoms with Crippen LogP contribution in [-0.4, -0.2) is 22.5 Å². The van der Waals surface area contributed by atoms with Gasteiger partial charge in [-0.1, -0.05) is 12.0 Å². The van der Waals surface area contributed by atoms with Crippen molar-refractivity contribution in [2.45, 2.75) is 38.4 Å². The summed E-state index contributed by atoms with van der Waals surface area (Å²) >= 11 is 0. The number of nitrogens with zero attached hydrogens (tertiary/aromatic N) is 1. The first-order chi connectivity index (χ1) is 5.02. The van der Waals surface area contributed by atoms with Crippen LogP contribution >= 0.6 is 0 Å². The van der Waals surface area contributed by atoms with Gasteiger partial charge in [0.2, 0.25) is 0 Å². The number of hydrogen-bond acceptors (Lipinski definition) is 1. The van der Waals surface area contributed by atoms with Gasteiger partial charge in [-0.2, -0.15) is 0 Å². The summed E-state index contributed by atoms with van der Waals surface area (Å²) in [7, 11) is 0. The molecule has 3 atom stereocenters. The van der Waals surface area contributed by atoms with Crippen molar-refractivity contribution < 1.29 is 0 Å². The van der Waals surface area contributed by atoms with Gasteiger partial charge in [0.25, 0.3) is 0 Å². The predicted molar refractivity (Wildman–Crippen MR) is 48.2 cm³/mol. The Bertz CT molecular complexity index is 204. The molecule has 1 saturated heterocycles. The van der Waals surface area contributed by atoms with Crippen molar-refractivity contribution in [3.63, 3.8) is 0 Å².